The van der Waals surface area contributed by atoms with Gasteiger partial charge in [-0.15, -0.1) is 0 Å². The number of hydrogen-bond donors (Lipinski definition) is 1. The smallest absolute Gasteiger partial charge is 0.195 e. The van der Waals surface area contributed by atoms with Gasteiger partial charge in [-0.05, 0) is 37.5 Å². The van der Waals surface area contributed by atoms with E-state index in [9.17, 15) is 0 Å². The lowest BCUT2D eigenvalue weighted by Crippen LogP contribution is -2.25. The topological polar surface area (TPSA) is 33.6 Å². The van der Waals surface area contributed by atoms with E-state index in [4.69, 9.17) is 12.2 Å². The Kier molecular flexibility index (Phi) is 3.90. The molecule has 0 aliphatic rings. The first kappa shape index (κ1) is 14.0. The minimum Gasteiger partial charge on any atom is -0.303 e. The van der Waals surface area contributed by atoms with Crippen LogP contribution >= 0.6 is 12.2 Å². The average molecular weight is 275 g/mol. The Morgan fingerprint density at radius 2 is 1.89 bits per heavy atom. The fraction of sp³-hybridized carbons (Fsp3) is 0.467. The monoisotopic (exact) mass is 275 g/mol. The predicted octanol–water partition coefficient (Wildman–Crippen LogP) is 3.92. The van der Waals surface area contributed by atoms with Crippen molar-refractivity contribution in [3.63, 3.8) is 0 Å². The van der Waals surface area contributed by atoms with Gasteiger partial charge < -0.3 is 4.57 Å². The maximum atomic E-state index is 5.35. The predicted molar refractivity (Wildman–Crippen MR) is 80.8 cm³/mol. The van der Waals surface area contributed by atoms with Crippen molar-refractivity contribution >= 4 is 12.2 Å². The van der Waals surface area contributed by atoms with Gasteiger partial charge in [0.05, 0.1) is 0 Å². The second-order valence-electron chi connectivity index (χ2n) is 5.85. The van der Waals surface area contributed by atoms with Gasteiger partial charge in [0.15, 0.2) is 4.77 Å². The molecule has 0 radical (unpaired) electrons. The summed E-state index contributed by atoms with van der Waals surface area (Å²) < 4.78 is 2.82. The summed E-state index contributed by atoms with van der Waals surface area (Å²) in [6.07, 6.45) is 0. The first-order valence-electron chi connectivity index (χ1n) is 6.64. The van der Waals surface area contributed by atoms with Gasteiger partial charge in [0.25, 0.3) is 0 Å². The van der Waals surface area contributed by atoms with E-state index < -0.39 is 0 Å². The molecule has 0 atom stereocenters. The van der Waals surface area contributed by atoms with Crippen molar-refractivity contribution in [2.45, 2.75) is 39.7 Å². The standard InChI is InChI=1S/C15H21N3S/c1-11(2)10-18-13(16-17-14(18)19)15(3,4)12-8-6-5-7-9-12/h5-9,11H,10H2,1-4H3,(H,17,19). The molecule has 0 aliphatic heterocycles. The van der Waals surface area contributed by atoms with Gasteiger partial charge in [-0.3, -0.25) is 5.10 Å². The van der Waals surface area contributed by atoms with Crippen LogP contribution in [-0.2, 0) is 12.0 Å². The van der Waals surface area contributed by atoms with Crippen LogP contribution < -0.4 is 0 Å². The highest BCUT2D eigenvalue weighted by Gasteiger charge is 2.29. The molecule has 0 saturated heterocycles. The van der Waals surface area contributed by atoms with Gasteiger partial charge in [0.1, 0.15) is 5.82 Å². The number of nitrogens with zero attached hydrogens (tertiary/aromatic N) is 2. The molecule has 1 N–H and O–H groups in total. The molecule has 2 rings (SSSR count). The van der Waals surface area contributed by atoms with E-state index in [0.29, 0.717) is 10.7 Å². The maximum Gasteiger partial charge on any atom is 0.195 e. The molecule has 0 aliphatic carbocycles. The molecule has 0 bridgehead atoms. The van der Waals surface area contributed by atoms with Gasteiger partial charge in [0.2, 0.25) is 0 Å². The molecule has 0 unspecified atom stereocenters. The van der Waals surface area contributed by atoms with Crippen LogP contribution in [0.3, 0.4) is 0 Å². The van der Waals surface area contributed by atoms with E-state index in [1.54, 1.807) is 0 Å². The molecular weight excluding hydrogens is 254 g/mol. The molecule has 0 saturated carbocycles. The van der Waals surface area contributed by atoms with Gasteiger partial charge in [-0.2, -0.15) is 5.10 Å². The molecule has 102 valence electrons. The molecule has 2 aromatic rings. The normalized spacial score (nSPS) is 12.1. The SMILES string of the molecule is CC(C)Cn1c(C(C)(C)c2ccccc2)n[nH]c1=S. The van der Waals surface area contributed by atoms with Crippen molar-refractivity contribution in [3.05, 3.63) is 46.5 Å². The largest absolute Gasteiger partial charge is 0.303 e. The minimum absolute atomic E-state index is 0.163. The second-order valence-corrected chi connectivity index (χ2v) is 6.23. The van der Waals surface area contributed by atoms with Crippen LogP contribution in [0.25, 0.3) is 0 Å². The van der Waals surface area contributed by atoms with E-state index in [0.717, 1.165) is 12.4 Å². The van der Waals surface area contributed by atoms with E-state index in [2.05, 4.69) is 66.7 Å². The molecule has 0 spiro atoms. The molecular formula is C15H21N3S. The summed E-state index contributed by atoms with van der Waals surface area (Å²) in [4.78, 5) is 0. The van der Waals surface area contributed by atoms with E-state index in [1.165, 1.54) is 5.56 Å². The summed E-state index contributed by atoms with van der Waals surface area (Å²) in [5.41, 5.74) is 1.08. The number of rotatable bonds is 4. The number of hydrogen-bond acceptors (Lipinski definition) is 2. The van der Waals surface area contributed by atoms with Crippen LogP contribution in [0.1, 0.15) is 39.1 Å². The summed E-state index contributed by atoms with van der Waals surface area (Å²) in [6.45, 7) is 9.64. The summed E-state index contributed by atoms with van der Waals surface area (Å²) in [5, 5.41) is 7.40. The molecule has 4 heteroatoms. The third-order valence-electron chi connectivity index (χ3n) is 3.36. The number of benzene rings is 1. The van der Waals surface area contributed by atoms with Crippen molar-refractivity contribution in [2.24, 2.45) is 5.92 Å². The van der Waals surface area contributed by atoms with Gasteiger partial charge in [-0.25, -0.2) is 0 Å². The average Bonchev–Trinajstić information content (AvgIpc) is 2.72. The Morgan fingerprint density at radius 1 is 1.26 bits per heavy atom. The molecule has 1 aromatic heterocycles. The zero-order chi connectivity index (χ0) is 14.0. The summed E-state index contributed by atoms with van der Waals surface area (Å²) in [6, 6.07) is 10.4. The summed E-state index contributed by atoms with van der Waals surface area (Å²) in [7, 11) is 0. The molecule has 19 heavy (non-hydrogen) atoms. The number of aromatic amines is 1. The lowest BCUT2D eigenvalue weighted by Gasteiger charge is -2.25. The van der Waals surface area contributed by atoms with Crippen LogP contribution in [-0.4, -0.2) is 14.8 Å². The fourth-order valence-electron chi connectivity index (χ4n) is 2.31. The van der Waals surface area contributed by atoms with Gasteiger partial charge >= 0.3 is 0 Å². The van der Waals surface area contributed by atoms with E-state index in [-0.39, 0.29) is 5.41 Å². The van der Waals surface area contributed by atoms with Gasteiger partial charge in [0, 0.05) is 12.0 Å². The molecule has 3 nitrogen and oxygen atoms in total. The highest BCUT2D eigenvalue weighted by molar-refractivity contribution is 7.71. The van der Waals surface area contributed by atoms with Crippen LogP contribution in [0.15, 0.2) is 30.3 Å². The van der Waals surface area contributed by atoms with Crippen molar-refractivity contribution in [3.8, 4) is 0 Å². The van der Waals surface area contributed by atoms with E-state index >= 15 is 0 Å². The summed E-state index contributed by atoms with van der Waals surface area (Å²) in [5.74, 6) is 1.53. The zero-order valence-corrected chi connectivity index (χ0v) is 12.8. The van der Waals surface area contributed by atoms with Crippen molar-refractivity contribution in [1.29, 1.82) is 0 Å². The lowest BCUT2D eigenvalue weighted by molar-refractivity contribution is 0.464. The minimum atomic E-state index is -0.163. The Labute approximate surface area is 119 Å². The maximum absolute atomic E-state index is 5.35. The Balaban J connectivity index is 2.49. The van der Waals surface area contributed by atoms with Crippen molar-refractivity contribution in [1.82, 2.24) is 14.8 Å². The highest BCUT2D eigenvalue weighted by atomic mass is 32.1. The van der Waals surface area contributed by atoms with Crippen molar-refractivity contribution in [2.75, 3.05) is 0 Å². The Bertz CT molecular complexity index is 593. The zero-order valence-electron chi connectivity index (χ0n) is 12.0. The molecule has 0 amide bonds. The lowest BCUT2D eigenvalue weighted by atomic mass is 9.83. The first-order valence-corrected chi connectivity index (χ1v) is 7.05. The van der Waals surface area contributed by atoms with Crippen LogP contribution in [0.2, 0.25) is 0 Å². The number of nitrogens with one attached hydrogen (secondary N) is 1. The third kappa shape index (κ3) is 2.78. The highest BCUT2D eigenvalue weighted by Crippen LogP contribution is 2.30. The summed E-state index contributed by atoms with van der Waals surface area (Å²) >= 11 is 5.35. The number of aromatic nitrogens is 3. The molecule has 1 aromatic carbocycles. The Hall–Kier alpha value is -1.42. The van der Waals surface area contributed by atoms with Crippen molar-refractivity contribution < 1.29 is 0 Å². The molecule has 0 fully saturated rings. The molecule has 1 heterocycles. The van der Waals surface area contributed by atoms with Crippen LogP contribution in [0.5, 0.6) is 0 Å². The van der Waals surface area contributed by atoms with Crippen LogP contribution in [0, 0.1) is 10.7 Å². The second kappa shape index (κ2) is 5.29. The number of H-pyrrole nitrogens is 1. The quantitative estimate of drug-likeness (QED) is 0.858. The fourth-order valence-corrected chi connectivity index (χ4v) is 2.52. The van der Waals surface area contributed by atoms with E-state index in [1.807, 2.05) is 6.07 Å². The first-order chi connectivity index (χ1) is 8.93. The third-order valence-corrected chi connectivity index (χ3v) is 3.67. The van der Waals surface area contributed by atoms with Gasteiger partial charge in [-0.1, -0.05) is 44.2 Å². The van der Waals surface area contributed by atoms with Crippen LogP contribution in [0.4, 0.5) is 0 Å². The Morgan fingerprint density at radius 3 is 2.47 bits per heavy atom.